The van der Waals surface area contributed by atoms with E-state index < -0.39 is 0 Å². The number of ether oxygens (including phenoxy) is 1. The normalized spacial score (nSPS) is 17.6. The zero-order valence-electron chi connectivity index (χ0n) is 11.1. The van der Waals surface area contributed by atoms with Crippen molar-refractivity contribution >= 4 is 16.5 Å². The Labute approximate surface area is 117 Å². The van der Waals surface area contributed by atoms with Gasteiger partial charge >= 0.3 is 0 Å². The standard InChI is InChI=1S/C16H14N2O2/c1-19-10-12-8-16(18-20-12)14-7-6-11-4-2-3-5-13(11)15(14)9-17/h2-8,12,18H,10H2,1H3. The third-order valence-electron chi connectivity index (χ3n) is 3.33. The first-order valence-electron chi connectivity index (χ1n) is 6.38. The second kappa shape index (κ2) is 5.33. The molecule has 0 saturated heterocycles. The molecule has 0 aromatic heterocycles. The van der Waals surface area contributed by atoms with Gasteiger partial charge in [-0.1, -0.05) is 36.4 Å². The second-order valence-corrected chi connectivity index (χ2v) is 4.62. The van der Waals surface area contributed by atoms with Crippen LogP contribution in [0.15, 0.2) is 42.5 Å². The molecule has 3 rings (SSSR count). The number of methoxy groups -OCH3 is 1. The second-order valence-electron chi connectivity index (χ2n) is 4.62. The maximum Gasteiger partial charge on any atom is 0.129 e. The van der Waals surface area contributed by atoms with Crippen molar-refractivity contribution in [3.05, 3.63) is 53.6 Å². The average molecular weight is 266 g/mol. The molecule has 1 aliphatic heterocycles. The predicted molar refractivity (Wildman–Crippen MR) is 76.5 cm³/mol. The van der Waals surface area contributed by atoms with Gasteiger partial charge in [0.1, 0.15) is 12.2 Å². The van der Waals surface area contributed by atoms with Crippen molar-refractivity contribution in [1.29, 1.82) is 5.26 Å². The molecule has 4 heteroatoms. The van der Waals surface area contributed by atoms with Gasteiger partial charge in [0.2, 0.25) is 0 Å². The molecule has 0 fully saturated rings. The molecule has 1 N–H and O–H groups in total. The quantitative estimate of drug-likeness (QED) is 0.927. The largest absolute Gasteiger partial charge is 0.382 e. The van der Waals surface area contributed by atoms with E-state index in [1.807, 2.05) is 42.5 Å². The lowest BCUT2D eigenvalue weighted by molar-refractivity contribution is 0.00376. The summed E-state index contributed by atoms with van der Waals surface area (Å²) in [6.45, 7) is 0.478. The highest BCUT2D eigenvalue weighted by atomic mass is 16.7. The van der Waals surface area contributed by atoms with Gasteiger partial charge in [-0.3, -0.25) is 10.3 Å². The van der Waals surface area contributed by atoms with E-state index >= 15 is 0 Å². The first-order valence-corrected chi connectivity index (χ1v) is 6.38. The number of hydrogen-bond donors (Lipinski definition) is 1. The van der Waals surface area contributed by atoms with Crippen molar-refractivity contribution in [1.82, 2.24) is 5.48 Å². The zero-order chi connectivity index (χ0) is 13.9. The fourth-order valence-corrected chi connectivity index (χ4v) is 2.40. The summed E-state index contributed by atoms with van der Waals surface area (Å²) in [4.78, 5) is 5.39. The highest BCUT2D eigenvalue weighted by Crippen LogP contribution is 2.28. The van der Waals surface area contributed by atoms with Crippen LogP contribution in [-0.2, 0) is 9.57 Å². The molecule has 2 aromatic carbocycles. The number of nitrogens with zero attached hydrogens (tertiary/aromatic N) is 1. The Balaban J connectivity index is 2.09. The fourth-order valence-electron chi connectivity index (χ4n) is 2.40. The number of nitrogens with one attached hydrogen (secondary N) is 1. The number of rotatable bonds is 3. The molecule has 1 unspecified atom stereocenters. The van der Waals surface area contributed by atoms with Gasteiger partial charge in [0.25, 0.3) is 0 Å². The summed E-state index contributed by atoms with van der Waals surface area (Å²) in [6, 6.07) is 14.1. The summed E-state index contributed by atoms with van der Waals surface area (Å²) in [5.74, 6) is 0. The Bertz CT molecular complexity index is 716. The van der Waals surface area contributed by atoms with Gasteiger partial charge in [-0.05, 0) is 11.5 Å². The SMILES string of the molecule is COCC1C=C(c2ccc3ccccc3c2C#N)NO1. The van der Waals surface area contributed by atoms with Gasteiger partial charge in [-0.25, -0.2) is 0 Å². The molecular formula is C16H14N2O2. The Hall–Kier alpha value is -2.35. The molecule has 4 nitrogen and oxygen atoms in total. The van der Waals surface area contributed by atoms with Crippen LogP contribution in [0.25, 0.3) is 16.5 Å². The summed E-state index contributed by atoms with van der Waals surface area (Å²) < 4.78 is 5.06. The zero-order valence-corrected chi connectivity index (χ0v) is 11.1. The van der Waals surface area contributed by atoms with E-state index in [9.17, 15) is 5.26 Å². The van der Waals surface area contributed by atoms with Crippen molar-refractivity contribution in [2.24, 2.45) is 0 Å². The molecule has 0 aliphatic carbocycles. The van der Waals surface area contributed by atoms with Crippen LogP contribution in [0.1, 0.15) is 11.1 Å². The van der Waals surface area contributed by atoms with E-state index in [0.717, 1.165) is 22.0 Å². The average Bonchev–Trinajstić information content (AvgIpc) is 2.95. The van der Waals surface area contributed by atoms with Crippen LogP contribution in [0.4, 0.5) is 0 Å². The van der Waals surface area contributed by atoms with E-state index in [1.165, 1.54) is 0 Å². The van der Waals surface area contributed by atoms with Gasteiger partial charge in [0.15, 0.2) is 0 Å². The molecule has 100 valence electrons. The number of nitriles is 1. The number of fused-ring (bicyclic) bond motifs is 1. The lowest BCUT2D eigenvalue weighted by Gasteiger charge is -2.08. The van der Waals surface area contributed by atoms with E-state index in [0.29, 0.717) is 12.2 Å². The van der Waals surface area contributed by atoms with Crippen LogP contribution < -0.4 is 5.48 Å². The topological polar surface area (TPSA) is 54.3 Å². The Morgan fingerprint density at radius 2 is 2.15 bits per heavy atom. The van der Waals surface area contributed by atoms with Crippen LogP contribution in [0.3, 0.4) is 0 Å². The van der Waals surface area contributed by atoms with Crippen molar-refractivity contribution in [3.63, 3.8) is 0 Å². The number of hydroxylamine groups is 1. The predicted octanol–water partition coefficient (Wildman–Crippen LogP) is 2.60. The summed E-state index contributed by atoms with van der Waals surface area (Å²) in [6.07, 6.45) is 1.81. The monoisotopic (exact) mass is 266 g/mol. The van der Waals surface area contributed by atoms with Crippen molar-refractivity contribution < 1.29 is 9.57 Å². The molecule has 1 atom stereocenters. The summed E-state index contributed by atoms with van der Waals surface area (Å²) in [5.41, 5.74) is 5.20. The fraction of sp³-hybridized carbons (Fsp3) is 0.188. The minimum Gasteiger partial charge on any atom is -0.382 e. The maximum atomic E-state index is 9.48. The van der Waals surface area contributed by atoms with Gasteiger partial charge in [0.05, 0.1) is 17.9 Å². The van der Waals surface area contributed by atoms with Crippen LogP contribution in [0.2, 0.25) is 0 Å². The summed E-state index contributed by atoms with van der Waals surface area (Å²) in [5, 5.41) is 11.5. The molecule has 0 bridgehead atoms. The lowest BCUT2D eigenvalue weighted by atomic mass is 9.97. The summed E-state index contributed by atoms with van der Waals surface area (Å²) >= 11 is 0. The number of benzene rings is 2. The molecule has 0 radical (unpaired) electrons. The minimum atomic E-state index is -0.131. The van der Waals surface area contributed by atoms with E-state index in [1.54, 1.807) is 7.11 Å². The van der Waals surface area contributed by atoms with Gasteiger partial charge in [-0.2, -0.15) is 5.26 Å². The first-order chi connectivity index (χ1) is 9.83. The van der Waals surface area contributed by atoms with Crippen LogP contribution in [0, 0.1) is 11.3 Å². The Kier molecular flexibility index (Phi) is 3.38. The molecule has 2 aromatic rings. The third kappa shape index (κ3) is 2.14. The molecule has 0 amide bonds. The Morgan fingerprint density at radius 1 is 1.30 bits per heavy atom. The van der Waals surface area contributed by atoms with Crippen LogP contribution in [0.5, 0.6) is 0 Å². The van der Waals surface area contributed by atoms with Crippen LogP contribution >= 0.6 is 0 Å². The Morgan fingerprint density at radius 3 is 2.95 bits per heavy atom. The van der Waals surface area contributed by atoms with Gasteiger partial charge < -0.3 is 4.74 Å². The minimum absolute atomic E-state index is 0.131. The summed E-state index contributed by atoms with van der Waals surface area (Å²) in [7, 11) is 1.63. The molecule has 0 spiro atoms. The molecule has 1 heterocycles. The van der Waals surface area contributed by atoms with Gasteiger partial charge in [0, 0.05) is 18.1 Å². The molecule has 0 saturated carbocycles. The van der Waals surface area contributed by atoms with Crippen LogP contribution in [-0.4, -0.2) is 19.8 Å². The van der Waals surface area contributed by atoms with E-state index in [2.05, 4.69) is 11.5 Å². The van der Waals surface area contributed by atoms with Crippen molar-refractivity contribution in [2.45, 2.75) is 6.10 Å². The van der Waals surface area contributed by atoms with Crippen molar-refractivity contribution in [3.8, 4) is 6.07 Å². The highest BCUT2D eigenvalue weighted by molar-refractivity contribution is 5.92. The molecule has 1 aliphatic rings. The first kappa shape index (κ1) is 12.7. The third-order valence-corrected chi connectivity index (χ3v) is 3.33. The smallest absolute Gasteiger partial charge is 0.129 e. The van der Waals surface area contributed by atoms with E-state index in [4.69, 9.17) is 9.57 Å². The van der Waals surface area contributed by atoms with Gasteiger partial charge in [-0.15, -0.1) is 0 Å². The lowest BCUT2D eigenvalue weighted by Crippen LogP contribution is -2.16. The molecular weight excluding hydrogens is 252 g/mol. The highest BCUT2D eigenvalue weighted by Gasteiger charge is 2.20. The van der Waals surface area contributed by atoms with E-state index in [-0.39, 0.29) is 6.10 Å². The molecule has 20 heavy (non-hydrogen) atoms. The van der Waals surface area contributed by atoms with Crippen molar-refractivity contribution in [2.75, 3.05) is 13.7 Å². The maximum absolute atomic E-state index is 9.48. The number of hydrogen-bond acceptors (Lipinski definition) is 4.